The lowest BCUT2D eigenvalue weighted by molar-refractivity contribution is -0.147. The van der Waals surface area contributed by atoms with Gasteiger partial charge in [-0.1, -0.05) is 13.3 Å². The molecule has 34 heavy (non-hydrogen) atoms. The van der Waals surface area contributed by atoms with Gasteiger partial charge in [0.05, 0.1) is 19.0 Å². The van der Waals surface area contributed by atoms with Crippen molar-refractivity contribution in [1.29, 1.82) is 0 Å². The van der Waals surface area contributed by atoms with Crippen LogP contribution in [0, 0.1) is 0 Å². The number of rotatable bonds is 5. The Morgan fingerprint density at radius 2 is 2.09 bits per heavy atom. The molecule has 0 bridgehead atoms. The number of ether oxygens (including phenoxy) is 1. The number of carbonyl (C=O) groups is 1. The Morgan fingerprint density at radius 1 is 1.26 bits per heavy atom. The predicted molar refractivity (Wildman–Crippen MR) is 122 cm³/mol. The van der Waals surface area contributed by atoms with Gasteiger partial charge in [0.25, 0.3) is 0 Å². The van der Waals surface area contributed by atoms with Gasteiger partial charge in [0.15, 0.2) is 17.7 Å². The summed E-state index contributed by atoms with van der Waals surface area (Å²) in [4.78, 5) is 29.6. The van der Waals surface area contributed by atoms with Crippen LogP contribution in [0.3, 0.4) is 0 Å². The minimum Gasteiger partial charge on any atom is -0.467 e. The minimum absolute atomic E-state index is 0.0874. The van der Waals surface area contributed by atoms with Gasteiger partial charge >= 0.3 is 12.1 Å². The standard InChI is InChI=1S/C20H20F3N7O2S2/c1-3-4-10-7-11-15(29-5-6-30-13(8-29)27-28-19(30)20(21,22)23)25-14(26-16(11)34-10)17-24-12(9-33-17)18(31)32-2/h7,12H,3-6,8-9H2,1-2H3/t12-/m0/s1. The smallest absolute Gasteiger partial charge is 0.451 e. The normalized spacial score (nSPS) is 18.3. The van der Waals surface area contributed by atoms with Crippen LogP contribution in [0.5, 0.6) is 0 Å². The van der Waals surface area contributed by atoms with E-state index in [0.717, 1.165) is 32.5 Å². The van der Waals surface area contributed by atoms with Crippen LogP contribution < -0.4 is 4.90 Å². The molecule has 3 aromatic rings. The predicted octanol–water partition coefficient (Wildman–Crippen LogP) is 3.31. The highest BCUT2D eigenvalue weighted by Gasteiger charge is 2.40. The molecule has 0 radical (unpaired) electrons. The lowest BCUT2D eigenvalue weighted by Crippen LogP contribution is -2.36. The van der Waals surface area contributed by atoms with E-state index in [1.165, 1.54) is 18.9 Å². The molecule has 5 heterocycles. The first kappa shape index (κ1) is 23.0. The van der Waals surface area contributed by atoms with Gasteiger partial charge in [-0.2, -0.15) is 13.2 Å². The van der Waals surface area contributed by atoms with Gasteiger partial charge in [-0.05, 0) is 12.5 Å². The van der Waals surface area contributed by atoms with E-state index < -0.39 is 24.0 Å². The minimum atomic E-state index is -4.56. The number of aryl methyl sites for hydroxylation is 1. The average molecular weight is 512 g/mol. The molecule has 9 nitrogen and oxygen atoms in total. The molecule has 0 N–H and O–H groups in total. The zero-order valence-corrected chi connectivity index (χ0v) is 19.9. The van der Waals surface area contributed by atoms with E-state index in [9.17, 15) is 18.0 Å². The molecule has 2 aliphatic heterocycles. The molecule has 0 unspecified atom stereocenters. The summed E-state index contributed by atoms with van der Waals surface area (Å²) in [7, 11) is 1.32. The van der Waals surface area contributed by atoms with Crippen LogP contribution in [0.4, 0.5) is 19.0 Å². The van der Waals surface area contributed by atoms with Gasteiger partial charge in [0.2, 0.25) is 5.82 Å². The SMILES string of the molecule is CCCc1cc2c(N3CCn4c(nnc4C(F)(F)F)C3)nc(C3=N[C@H](C(=O)OC)CS3)nc2s1. The molecule has 2 aliphatic rings. The first-order valence-corrected chi connectivity index (χ1v) is 12.4. The van der Waals surface area contributed by atoms with Crippen LogP contribution in [0.2, 0.25) is 0 Å². The lowest BCUT2D eigenvalue weighted by Gasteiger charge is -2.29. The second-order valence-electron chi connectivity index (χ2n) is 7.85. The molecule has 1 atom stereocenters. The summed E-state index contributed by atoms with van der Waals surface area (Å²) >= 11 is 2.94. The first-order valence-electron chi connectivity index (χ1n) is 10.6. The molecule has 0 saturated carbocycles. The largest absolute Gasteiger partial charge is 0.467 e. The Kier molecular flexibility index (Phi) is 5.96. The summed E-state index contributed by atoms with van der Waals surface area (Å²) < 4.78 is 45.7. The summed E-state index contributed by atoms with van der Waals surface area (Å²) in [6, 6.07) is 1.44. The summed E-state index contributed by atoms with van der Waals surface area (Å²) in [5.74, 6) is 0.285. The van der Waals surface area contributed by atoms with E-state index in [0.29, 0.717) is 29.0 Å². The second-order valence-corrected chi connectivity index (χ2v) is 9.97. The maximum Gasteiger partial charge on any atom is 0.451 e. The fourth-order valence-electron chi connectivity index (χ4n) is 3.96. The number of thiophene rings is 1. The van der Waals surface area contributed by atoms with Crippen molar-refractivity contribution in [1.82, 2.24) is 24.7 Å². The Hall–Kier alpha value is -2.74. The summed E-state index contributed by atoms with van der Waals surface area (Å²) in [5, 5.41) is 8.54. The van der Waals surface area contributed by atoms with E-state index in [-0.39, 0.29) is 18.9 Å². The van der Waals surface area contributed by atoms with Crippen molar-refractivity contribution < 1.29 is 22.7 Å². The summed E-state index contributed by atoms with van der Waals surface area (Å²) in [5.41, 5.74) is 0. The van der Waals surface area contributed by atoms with E-state index >= 15 is 0 Å². The molecular weight excluding hydrogens is 491 g/mol. The molecule has 0 aromatic carbocycles. The quantitative estimate of drug-likeness (QED) is 0.482. The lowest BCUT2D eigenvalue weighted by atomic mass is 10.2. The maximum absolute atomic E-state index is 13.2. The molecule has 0 saturated heterocycles. The highest BCUT2D eigenvalue weighted by Crippen LogP contribution is 2.36. The third-order valence-corrected chi connectivity index (χ3v) is 7.67. The third-order valence-electron chi connectivity index (χ3n) is 5.54. The van der Waals surface area contributed by atoms with Crippen LogP contribution in [0.25, 0.3) is 10.2 Å². The number of alkyl halides is 3. The van der Waals surface area contributed by atoms with Crippen molar-refractivity contribution in [2.24, 2.45) is 4.99 Å². The van der Waals surface area contributed by atoms with Gasteiger partial charge in [0.1, 0.15) is 15.7 Å². The molecule has 0 amide bonds. The van der Waals surface area contributed by atoms with E-state index in [1.54, 1.807) is 11.3 Å². The highest BCUT2D eigenvalue weighted by atomic mass is 32.2. The zero-order valence-electron chi connectivity index (χ0n) is 18.3. The van der Waals surface area contributed by atoms with Crippen LogP contribution in [-0.2, 0) is 35.2 Å². The molecule has 0 aliphatic carbocycles. The number of carbonyl (C=O) groups excluding carboxylic acids is 1. The third kappa shape index (κ3) is 4.13. The number of thioether (sulfide) groups is 1. The molecule has 0 spiro atoms. The first-order chi connectivity index (χ1) is 16.3. The van der Waals surface area contributed by atoms with Crippen LogP contribution in [-0.4, -0.2) is 61.2 Å². The van der Waals surface area contributed by atoms with Gasteiger partial charge in [-0.3, -0.25) is 4.99 Å². The van der Waals surface area contributed by atoms with Gasteiger partial charge in [-0.25, -0.2) is 14.8 Å². The number of aromatic nitrogens is 5. The van der Waals surface area contributed by atoms with E-state index in [4.69, 9.17) is 14.7 Å². The van der Waals surface area contributed by atoms with Gasteiger partial charge in [-0.15, -0.1) is 33.3 Å². The molecule has 0 fully saturated rings. The maximum atomic E-state index is 13.2. The topological polar surface area (TPSA) is 98.4 Å². The van der Waals surface area contributed by atoms with Crippen molar-refractivity contribution in [3.05, 3.63) is 28.4 Å². The number of esters is 1. The Morgan fingerprint density at radius 3 is 2.82 bits per heavy atom. The molecule has 3 aromatic heterocycles. The van der Waals surface area contributed by atoms with Gasteiger partial charge in [0, 0.05) is 23.7 Å². The summed E-state index contributed by atoms with van der Waals surface area (Å²) in [6.07, 6.45) is -2.70. The highest BCUT2D eigenvalue weighted by molar-refractivity contribution is 8.14. The Bertz CT molecular complexity index is 1290. The monoisotopic (exact) mass is 511 g/mol. The van der Waals surface area contributed by atoms with Crippen molar-refractivity contribution in [2.45, 2.75) is 45.1 Å². The van der Waals surface area contributed by atoms with Crippen LogP contribution >= 0.6 is 23.1 Å². The number of fused-ring (bicyclic) bond motifs is 2. The Balaban J connectivity index is 1.55. The number of aliphatic imine (C=N–C) groups is 1. The summed E-state index contributed by atoms with van der Waals surface area (Å²) in [6.45, 7) is 2.63. The van der Waals surface area contributed by atoms with E-state index in [2.05, 4.69) is 22.1 Å². The molecule has 5 rings (SSSR count). The fraction of sp³-hybridized carbons (Fsp3) is 0.500. The van der Waals surface area contributed by atoms with Crippen LogP contribution in [0.15, 0.2) is 11.1 Å². The number of nitrogens with zero attached hydrogens (tertiary/aromatic N) is 7. The molecule has 14 heteroatoms. The van der Waals surface area contributed by atoms with Crippen molar-refractivity contribution >= 4 is 50.1 Å². The van der Waals surface area contributed by atoms with E-state index in [1.807, 2.05) is 11.0 Å². The van der Waals surface area contributed by atoms with Gasteiger partial charge < -0.3 is 14.2 Å². The fourth-order valence-corrected chi connectivity index (χ4v) is 6.04. The van der Waals surface area contributed by atoms with Crippen molar-refractivity contribution in [2.75, 3.05) is 24.3 Å². The van der Waals surface area contributed by atoms with Crippen LogP contribution in [0.1, 0.15) is 35.7 Å². The number of hydrogen-bond donors (Lipinski definition) is 0. The molecular formula is C20H20F3N7O2S2. The molecule has 180 valence electrons. The van der Waals surface area contributed by atoms with Crippen molar-refractivity contribution in [3.8, 4) is 0 Å². The second kappa shape index (κ2) is 8.80. The van der Waals surface area contributed by atoms with Crippen molar-refractivity contribution in [3.63, 3.8) is 0 Å². The average Bonchev–Trinajstić information content (AvgIpc) is 3.54. The Labute approximate surface area is 200 Å². The number of methoxy groups -OCH3 is 1. The number of hydrogen-bond acceptors (Lipinski definition) is 10. The number of halogens is 3. The zero-order chi connectivity index (χ0) is 24.0. The number of anilines is 1.